The van der Waals surface area contributed by atoms with Crippen LogP contribution in [0.1, 0.15) is 70.8 Å². The van der Waals surface area contributed by atoms with Crippen LogP contribution in [0.15, 0.2) is 30.3 Å². The minimum Gasteiger partial charge on any atom is -0.465 e. The second-order valence-electron chi connectivity index (χ2n) is 19.4. The van der Waals surface area contributed by atoms with Gasteiger partial charge >= 0.3 is 12.1 Å². The first kappa shape index (κ1) is 42.6. The van der Waals surface area contributed by atoms with E-state index in [1.807, 2.05) is 10.6 Å². The number of fused-ring (bicyclic) bond motifs is 2. The molecule has 1 amide bonds. The molecule has 57 heavy (non-hydrogen) atoms. The van der Waals surface area contributed by atoms with Gasteiger partial charge in [0, 0.05) is 39.0 Å². The molecule has 4 aliphatic rings. The Morgan fingerprint density at radius 1 is 0.982 bits per heavy atom. The number of imidazole rings is 1. The number of carboxylic acid groups (broad SMARTS) is 1. The van der Waals surface area contributed by atoms with Crippen LogP contribution in [0.2, 0.25) is 48.8 Å². The minimum absolute atomic E-state index is 0.0750. The molecule has 0 spiro atoms. The maximum atomic E-state index is 11.9. The van der Waals surface area contributed by atoms with Gasteiger partial charge in [-0.25, -0.2) is 9.78 Å². The summed E-state index contributed by atoms with van der Waals surface area (Å²) >= 11 is 6.96. The van der Waals surface area contributed by atoms with Crippen LogP contribution in [0.25, 0.3) is 22.4 Å². The van der Waals surface area contributed by atoms with Crippen LogP contribution < -0.4 is 10.1 Å². The number of amides is 1. The Balaban J connectivity index is 1.09. The number of nitrogens with one attached hydrogen (secondary N) is 1. The summed E-state index contributed by atoms with van der Waals surface area (Å²) in [6, 6.07) is 11.8. The molecule has 7 rings (SSSR count). The fourth-order valence-corrected chi connectivity index (χ4v) is 11.1. The Labute approximate surface area is 344 Å². The van der Waals surface area contributed by atoms with Crippen LogP contribution in [0.3, 0.4) is 0 Å². The molecule has 4 fully saturated rings. The number of rotatable bonds is 13. The highest BCUT2D eigenvalue weighted by atomic mass is 35.5. The molecular weight excluding hydrogens is 780 g/mol. The molecule has 1 aromatic carbocycles. The lowest BCUT2D eigenvalue weighted by molar-refractivity contribution is 0.00687. The van der Waals surface area contributed by atoms with E-state index in [-0.39, 0.29) is 41.7 Å². The summed E-state index contributed by atoms with van der Waals surface area (Å²) in [5.41, 5.74) is 3.67. The largest absolute Gasteiger partial charge is 0.465 e. The Hall–Kier alpha value is -2.57. The zero-order valence-corrected chi connectivity index (χ0v) is 37.8. The van der Waals surface area contributed by atoms with Crippen LogP contribution in [-0.4, -0.2) is 105 Å². The van der Waals surface area contributed by atoms with Crippen molar-refractivity contribution in [2.24, 2.45) is 5.92 Å². The molecule has 2 N–H and O–H groups in total. The SMILES string of the molecule is CC(C)(C)[Si](C)(C)O[C@@H]1CO[C@H]2[C@@H]1OC[C@H]2Oc1nc2cc(Cl)c(-c3ccc(C4CCC(NC(=O)O)(C5CCOCC5)CC4)cc3)nc2n1COCC[Si](C)(C)C. The van der Waals surface area contributed by atoms with Crippen molar-refractivity contribution < 1.29 is 38.0 Å². The molecule has 12 nitrogen and oxygen atoms in total. The molecule has 0 radical (unpaired) electrons. The van der Waals surface area contributed by atoms with Crippen LogP contribution in [0.4, 0.5) is 4.79 Å². The number of benzene rings is 1. The van der Waals surface area contributed by atoms with Gasteiger partial charge in [-0.1, -0.05) is 76.3 Å². The number of halogens is 1. The number of carbonyl (C=O) groups is 1. The van der Waals surface area contributed by atoms with E-state index in [2.05, 4.69) is 83.1 Å². The number of aromatic nitrogens is 3. The lowest BCUT2D eigenvalue weighted by atomic mass is 9.66. The summed E-state index contributed by atoms with van der Waals surface area (Å²) in [5.74, 6) is 0.651. The average molecular weight is 844 g/mol. The van der Waals surface area contributed by atoms with Crippen molar-refractivity contribution in [2.45, 2.75) is 146 Å². The number of hydrogen-bond acceptors (Lipinski definition) is 9. The normalized spacial score (nSPS) is 27.5. The van der Waals surface area contributed by atoms with Crippen LogP contribution in [0.5, 0.6) is 6.01 Å². The first-order valence-electron chi connectivity index (χ1n) is 20.8. The van der Waals surface area contributed by atoms with Crippen molar-refractivity contribution in [1.29, 1.82) is 0 Å². The van der Waals surface area contributed by atoms with Crippen LogP contribution >= 0.6 is 11.6 Å². The third-order valence-electron chi connectivity index (χ3n) is 13.2. The quantitative estimate of drug-likeness (QED) is 0.127. The highest BCUT2D eigenvalue weighted by Gasteiger charge is 2.53. The van der Waals surface area contributed by atoms with E-state index in [1.54, 1.807) is 0 Å². The van der Waals surface area contributed by atoms with Crippen molar-refractivity contribution in [1.82, 2.24) is 19.9 Å². The zero-order valence-electron chi connectivity index (χ0n) is 35.1. The second kappa shape index (κ2) is 16.8. The Kier molecular flexibility index (Phi) is 12.6. The predicted molar refractivity (Wildman–Crippen MR) is 227 cm³/mol. The molecule has 3 aliphatic heterocycles. The van der Waals surface area contributed by atoms with Gasteiger partial charge in [-0.2, -0.15) is 4.98 Å². The molecule has 3 saturated heterocycles. The molecule has 0 bridgehead atoms. The molecule has 1 saturated carbocycles. The van der Waals surface area contributed by atoms with Crippen molar-refractivity contribution in [3.63, 3.8) is 0 Å². The summed E-state index contributed by atoms with van der Waals surface area (Å²) in [5, 5.41) is 13.3. The van der Waals surface area contributed by atoms with Crippen molar-refractivity contribution >= 4 is 45.2 Å². The fraction of sp³-hybridized carbons (Fsp3) is 0.690. The average Bonchev–Trinajstić information content (AvgIpc) is 3.83. The van der Waals surface area contributed by atoms with E-state index < -0.39 is 22.5 Å². The maximum Gasteiger partial charge on any atom is 0.405 e. The number of hydrogen-bond donors (Lipinski definition) is 2. The maximum absolute atomic E-state index is 11.9. The smallest absolute Gasteiger partial charge is 0.405 e. The Bertz CT molecular complexity index is 1870. The van der Waals surface area contributed by atoms with E-state index in [4.69, 9.17) is 49.7 Å². The highest BCUT2D eigenvalue weighted by Crippen LogP contribution is 2.45. The van der Waals surface area contributed by atoms with Gasteiger partial charge in [0.15, 0.2) is 20.1 Å². The molecule has 314 valence electrons. The molecule has 0 unspecified atom stereocenters. The van der Waals surface area contributed by atoms with Gasteiger partial charge in [-0.15, -0.1) is 0 Å². The van der Waals surface area contributed by atoms with Crippen LogP contribution in [-0.2, 0) is 30.1 Å². The number of pyridine rings is 1. The van der Waals surface area contributed by atoms with Gasteiger partial charge in [0.1, 0.15) is 24.5 Å². The van der Waals surface area contributed by atoms with Gasteiger partial charge in [0.2, 0.25) is 0 Å². The lowest BCUT2D eigenvalue weighted by Crippen LogP contribution is -2.56. The van der Waals surface area contributed by atoms with Crippen molar-refractivity contribution in [2.75, 3.05) is 33.0 Å². The van der Waals surface area contributed by atoms with E-state index in [0.717, 1.165) is 50.1 Å². The second-order valence-corrected chi connectivity index (χ2v) is 30.2. The third-order valence-corrected chi connectivity index (χ3v) is 19.7. The number of ether oxygens (including phenoxy) is 5. The van der Waals surface area contributed by atoms with Gasteiger partial charge < -0.3 is 38.5 Å². The zero-order chi connectivity index (χ0) is 40.8. The van der Waals surface area contributed by atoms with Gasteiger partial charge in [0.05, 0.1) is 30.0 Å². The third kappa shape index (κ3) is 9.43. The minimum atomic E-state index is -2.03. The first-order valence-corrected chi connectivity index (χ1v) is 27.8. The predicted octanol–water partition coefficient (Wildman–Crippen LogP) is 9.09. The highest BCUT2D eigenvalue weighted by molar-refractivity contribution is 6.76. The topological polar surface area (TPSA) is 135 Å². The van der Waals surface area contributed by atoms with Gasteiger partial charge in [0.25, 0.3) is 0 Å². The van der Waals surface area contributed by atoms with E-state index in [1.165, 1.54) is 5.56 Å². The Morgan fingerprint density at radius 3 is 2.26 bits per heavy atom. The van der Waals surface area contributed by atoms with Crippen molar-refractivity contribution in [3.05, 3.63) is 40.9 Å². The number of nitrogens with zero attached hydrogens (tertiary/aromatic N) is 3. The standard InChI is InChI=1S/C42H63ClN4O8Si2/c1-41(2,3)57(7,8)55-34-25-53-36-33(24-52-37(34)36)54-39-44-32-23-31(43)35(45-38(32)47(39)26-51-21-22-56(4,5)6)29-11-9-27(10-12-29)28-13-17-42(18-14-28,46-40(48)49)30-15-19-50-20-16-30/h9-12,23,28,30,33-34,36-37,46H,13-22,24-26H2,1-8H3,(H,48,49)/t28?,33-,34-,36-,37-,42?/m1/s1. The summed E-state index contributed by atoms with van der Waals surface area (Å²) in [7, 11) is -3.35. The monoisotopic (exact) mass is 842 g/mol. The molecule has 2 aromatic heterocycles. The van der Waals surface area contributed by atoms with Crippen LogP contribution in [0, 0.1) is 5.92 Å². The van der Waals surface area contributed by atoms with E-state index in [9.17, 15) is 9.90 Å². The van der Waals surface area contributed by atoms with Crippen molar-refractivity contribution in [3.8, 4) is 17.3 Å². The molecule has 1 aliphatic carbocycles. The van der Waals surface area contributed by atoms with Gasteiger partial charge in [-0.05, 0) is 86.2 Å². The van der Waals surface area contributed by atoms with Gasteiger partial charge in [-0.3, -0.25) is 4.57 Å². The Morgan fingerprint density at radius 2 is 1.63 bits per heavy atom. The molecule has 4 atom stereocenters. The summed E-state index contributed by atoms with van der Waals surface area (Å²) in [6.07, 6.45) is 3.35. The van der Waals surface area contributed by atoms with E-state index >= 15 is 0 Å². The first-order chi connectivity index (χ1) is 26.9. The lowest BCUT2D eigenvalue weighted by Gasteiger charge is -2.47. The summed E-state index contributed by atoms with van der Waals surface area (Å²) < 4.78 is 39.8. The molecule has 3 aromatic rings. The fourth-order valence-electron chi connectivity index (χ4n) is 8.75. The summed E-state index contributed by atoms with van der Waals surface area (Å²) in [6.45, 7) is 21.3. The molecule has 5 heterocycles. The molecule has 15 heteroatoms. The summed E-state index contributed by atoms with van der Waals surface area (Å²) in [4.78, 5) is 21.9. The van der Waals surface area contributed by atoms with E-state index in [0.29, 0.717) is 72.8 Å². The molecular formula is C42H63ClN4O8Si2.